The van der Waals surface area contributed by atoms with E-state index in [1.165, 1.54) is 0 Å². The predicted molar refractivity (Wildman–Crippen MR) is 21.7 cm³/mol. The lowest BCUT2D eigenvalue weighted by Crippen LogP contribution is -1.98. The van der Waals surface area contributed by atoms with Gasteiger partial charge in [0.25, 0.3) is 0 Å². The summed E-state index contributed by atoms with van der Waals surface area (Å²) in [6.45, 7) is 0. The maximum absolute atomic E-state index is 9.59. The van der Waals surface area contributed by atoms with E-state index in [9.17, 15) is 9.59 Å². The Labute approximate surface area is 40.4 Å². The number of rotatable bonds is 1. The highest BCUT2D eigenvalue weighted by atomic mass is 16.5. The molecule has 0 saturated carbocycles. The van der Waals surface area contributed by atoms with Gasteiger partial charge in [0.2, 0.25) is 6.29 Å². The molecule has 0 atom stereocenters. The first-order chi connectivity index (χ1) is 2.81. The van der Waals surface area contributed by atoms with E-state index in [1.54, 1.807) is 0 Å². The SMILES string of the molecule is COC(=O)C=O.O. The van der Waals surface area contributed by atoms with E-state index in [-0.39, 0.29) is 11.8 Å². The summed E-state index contributed by atoms with van der Waals surface area (Å²) in [7, 11) is 1.15. The second kappa shape index (κ2) is 5.10. The molecule has 0 amide bonds. The highest BCUT2D eigenvalue weighted by molar-refractivity contribution is 6.20. The van der Waals surface area contributed by atoms with Crippen LogP contribution in [0.5, 0.6) is 0 Å². The molecule has 0 rings (SSSR count). The largest absolute Gasteiger partial charge is 0.463 e. The second-order valence-corrected chi connectivity index (χ2v) is 0.641. The van der Waals surface area contributed by atoms with Crippen molar-refractivity contribution >= 4 is 12.3 Å². The zero-order valence-electron chi connectivity index (χ0n) is 3.80. The standard InChI is InChI=1S/C3H4O3.H2O/c1-6-3(5)2-4;/h2H,1H3;1H2. The molecule has 0 aliphatic heterocycles. The first kappa shape index (κ1) is 9.44. The molecule has 0 heterocycles. The third-order valence-electron chi connectivity index (χ3n) is 0.297. The van der Waals surface area contributed by atoms with Crippen molar-refractivity contribution in [1.82, 2.24) is 0 Å². The lowest BCUT2D eigenvalue weighted by Gasteiger charge is -1.79. The highest BCUT2D eigenvalue weighted by Crippen LogP contribution is 1.58. The van der Waals surface area contributed by atoms with Gasteiger partial charge in [-0.3, -0.25) is 4.79 Å². The predicted octanol–water partition coefficient (Wildman–Crippen LogP) is -1.47. The number of ether oxygens (including phenoxy) is 1. The number of esters is 1. The van der Waals surface area contributed by atoms with Gasteiger partial charge in [0.05, 0.1) is 7.11 Å². The zero-order chi connectivity index (χ0) is 4.99. The number of hydrogen-bond donors (Lipinski definition) is 0. The van der Waals surface area contributed by atoms with Gasteiger partial charge in [-0.05, 0) is 0 Å². The van der Waals surface area contributed by atoms with Crippen LogP contribution in [0.4, 0.5) is 0 Å². The Kier molecular flexibility index (Phi) is 6.88. The Balaban J connectivity index is 0. The minimum atomic E-state index is -0.838. The summed E-state index contributed by atoms with van der Waals surface area (Å²) in [6.07, 6.45) is 0.111. The summed E-state index contributed by atoms with van der Waals surface area (Å²) in [6, 6.07) is 0. The second-order valence-electron chi connectivity index (χ2n) is 0.641. The van der Waals surface area contributed by atoms with Crippen LogP contribution in [0.1, 0.15) is 0 Å². The molecule has 0 aromatic rings. The third-order valence-corrected chi connectivity index (χ3v) is 0.297. The van der Waals surface area contributed by atoms with Gasteiger partial charge in [-0.2, -0.15) is 0 Å². The molecule has 0 aliphatic rings. The molecule has 0 spiro atoms. The molecule has 0 bridgehead atoms. The molecule has 4 heteroatoms. The Morgan fingerprint density at radius 1 is 1.71 bits per heavy atom. The summed E-state index contributed by atoms with van der Waals surface area (Å²) in [5.74, 6) is -0.838. The first-order valence-electron chi connectivity index (χ1n) is 1.34. The molecule has 4 nitrogen and oxygen atoms in total. The molecule has 0 aromatic carbocycles. The van der Waals surface area contributed by atoms with Crippen molar-refractivity contribution in [3.8, 4) is 0 Å². The quantitative estimate of drug-likeness (QED) is 0.233. The summed E-state index contributed by atoms with van der Waals surface area (Å²) in [4.78, 5) is 18.9. The van der Waals surface area contributed by atoms with Crippen molar-refractivity contribution in [2.24, 2.45) is 0 Å². The Morgan fingerprint density at radius 3 is 2.14 bits per heavy atom. The zero-order valence-corrected chi connectivity index (χ0v) is 3.80. The van der Waals surface area contributed by atoms with Crippen LogP contribution in [0.3, 0.4) is 0 Å². The molecule has 0 radical (unpaired) electrons. The Bertz CT molecular complexity index is 67.3. The van der Waals surface area contributed by atoms with Crippen molar-refractivity contribution in [3.05, 3.63) is 0 Å². The van der Waals surface area contributed by atoms with Gasteiger partial charge < -0.3 is 10.2 Å². The summed E-state index contributed by atoms with van der Waals surface area (Å²) >= 11 is 0. The minimum Gasteiger partial charge on any atom is -0.463 e. The van der Waals surface area contributed by atoms with Crippen LogP contribution >= 0.6 is 0 Å². The first-order valence-corrected chi connectivity index (χ1v) is 1.34. The fraction of sp³-hybridized carbons (Fsp3) is 0.333. The molecule has 7 heavy (non-hydrogen) atoms. The minimum absolute atomic E-state index is 0. The third kappa shape index (κ3) is 5.10. The van der Waals surface area contributed by atoms with Gasteiger partial charge >= 0.3 is 5.97 Å². The molecule has 0 aromatic heterocycles. The van der Waals surface area contributed by atoms with Crippen molar-refractivity contribution in [1.29, 1.82) is 0 Å². The van der Waals surface area contributed by atoms with Gasteiger partial charge in [0, 0.05) is 0 Å². The fourth-order valence-corrected chi connectivity index (χ4v) is 0.0481. The maximum Gasteiger partial charge on any atom is 0.371 e. The highest BCUT2D eigenvalue weighted by Gasteiger charge is 1.88. The van der Waals surface area contributed by atoms with Crippen molar-refractivity contribution in [2.45, 2.75) is 0 Å². The lowest BCUT2D eigenvalue weighted by molar-refractivity contribution is -0.146. The van der Waals surface area contributed by atoms with E-state index in [2.05, 4.69) is 4.74 Å². The van der Waals surface area contributed by atoms with Gasteiger partial charge in [0.1, 0.15) is 0 Å². The van der Waals surface area contributed by atoms with Crippen LogP contribution in [0.15, 0.2) is 0 Å². The molecular weight excluding hydrogens is 100 g/mol. The number of carbonyl (C=O) groups is 2. The van der Waals surface area contributed by atoms with Crippen LogP contribution in [0.2, 0.25) is 0 Å². The number of hydrogen-bond acceptors (Lipinski definition) is 3. The van der Waals surface area contributed by atoms with Crippen molar-refractivity contribution < 1.29 is 19.8 Å². The van der Waals surface area contributed by atoms with Crippen LogP contribution in [0, 0.1) is 0 Å². The van der Waals surface area contributed by atoms with Crippen LogP contribution in [-0.2, 0) is 14.3 Å². The van der Waals surface area contributed by atoms with E-state index in [0.29, 0.717) is 0 Å². The van der Waals surface area contributed by atoms with E-state index in [4.69, 9.17) is 0 Å². The van der Waals surface area contributed by atoms with E-state index in [0.717, 1.165) is 7.11 Å². The van der Waals surface area contributed by atoms with E-state index in [1.807, 2.05) is 0 Å². The average Bonchev–Trinajstić information content (AvgIpc) is 1.65. The van der Waals surface area contributed by atoms with E-state index < -0.39 is 5.97 Å². The van der Waals surface area contributed by atoms with Crippen LogP contribution in [-0.4, -0.2) is 24.8 Å². The summed E-state index contributed by atoms with van der Waals surface area (Å²) in [5.41, 5.74) is 0. The van der Waals surface area contributed by atoms with Gasteiger partial charge in [0.15, 0.2) is 0 Å². The molecule has 0 unspecified atom stereocenters. The van der Waals surface area contributed by atoms with Crippen molar-refractivity contribution in [2.75, 3.05) is 7.11 Å². The molecule has 2 N–H and O–H groups in total. The number of methoxy groups -OCH3 is 1. The lowest BCUT2D eigenvalue weighted by atomic mass is 10.8. The molecule has 0 fully saturated rings. The summed E-state index contributed by atoms with van der Waals surface area (Å²) < 4.78 is 3.89. The molecule has 0 saturated heterocycles. The Hall–Kier alpha value is -0.900. The average molecular weight is 106 g/mol. The van der Waals surface area contributed by atoms with Gasteiger partial charge in [-0.1, -0.05) is 0 Å². The topological polar surface area (TPSA) is 74.9 Å². The monoisotopic (exact) mass is 106 g/mol. The maximum atomic E-state index is 9.59. The van der Waals surface area contributed by atoms with Crippen LogP contribution < -0.4 is 0 Å². The van der Waals surface area contributed by atoms with Crippen molar-refractivity contribution in [3.63, 3.8) is 0 Å². The smallest absolute Gasteiger partial charge is 0.371 e. The molecule has 0 aliphatic carbocycles. The Morgan fingerprint density at radius 2 is 2.14 bits per heavy atom. The number of aldehydes is 1. The molecular formula is C3H6O4. The van der Waals surface area contributed by atoms with Crippen LogP contribution in [0.25, 0.3) is 0 Å². The normalized spacial score (nSPS) is 5.86. The van der Waals surface area contributed by atoms with Gasteiger partial charge in [-0.15, -0.1) is 0 Å². The summed E-state index contributed by atoms with van der Waals surface area (Å²) in [5, 5.41) is 0. The van der Waals surface area contributed by atoms with E-state index >= 15 is 0 Å². The fourth-order valence-electron chi connectivity index (χ4n) is 0.0481. The van der Waals surface area contributed by atoms with Gasteiger partial charge in [-0.25, -0.2) is 4.79 Å². The number of carbonyl (C=O) groups excluding carboxylic acids is 2. The molecule has 42 valence electrons.